The lowest BCUT2D eigenvalue weighted by molar-refractivity contribution is -0.116. The third kappa shape index (κ3) is 4.85. The topological polar surface area (TPSA) is 44.4 Å². The summed E-state index contributed by atoms with van der Waals surface area (Å²) < 4.78 is 0. The third-order valence-electron chi connectivity index (χ3n) is 3.75. The summed E-state index contributed by atoms with van der Waals surface area (Å²) in [7, 11) is 1.98. The highest BCUT2D eigenvalue weighted by atomic mass is 35.5. The Morgan fingerprint density at radius 1 is 1.38 bits per heavy atom. The second-order valence-electron chi connectivity index (χ2n) is 5.41. The highest BCUT2D eigenvalue weighted by Gasteiger charge is 2.22. The van der Waals surface area contributed by atoms with E-state index in [9.17, 15) is 4.79 Å². The quantitative estimate of drug-likeness (QED) is 0.843. The van der Waals surface area contributed by atoms with Gasteiger partial charge in [-0.05, 0) is 44.6 Å². The van der Waals surface area contributed by atoms with Crippen LogP contribution < -0.4 is 10.6 Å². The molecule has 21 heavy (non-hydrogen) atoms. The normalized spacial score (nSPS) is 18.9. The Kier molecular flexibility index (Phi) is 6.30. The summed E-state index contributed by atoms with van der Waals surface area (Å²) in [5.74, 6) is 0.637. The van der Waals surface area contributed by atoms with Gasteiger partial charge in [-0.2, -0.15) is 0 Å². The van der Waals surface area contributed by atoms with Crippen molar-refractivity contribution < 1.29 is 4.79 Å². The minimum atomic E-state index is -0.0536. The van der Waals surface area contributed by atoms with E-state index in [1.807, 2.05) is 7.05 Å². The number of halogens is 2. The van der Waals surface area contributed by atoms with Crippen LogP contribution in [0, 0.1) is 5.92 Å². The summed E-state index contributed by atoms with van der Waals surface area (Å²) in [4.78, 5) is 14.3. The van der Waals surface area contributed by atoms with Crippen molar-refractivity contribution in [1.29, 1.82) is 0 Å². The lowest BCUT2D eigenvalue weighted by Crippen LogP contribution is -2.28. The maximum Gasteiger partial charge on any atom is 0.225 e. The minimum absolute atomic E-state index is 0.0536. The molecular formula is C15H21Cl2N3O. The number of hydrogen-bond acceptors (Lipinski definition) is 3. The fraction of sp³-hybridized carbons (Fsp3) is 0.533. The fourth-order valence-electron chi connectivity index (χ4n) is 2.65. The molecule has 0 radical (unpaired) electrons. The molecule has 1 aromatic rings. The van der Waals surface area contributed by atoms with Gasteiger partial charge in [0.05, 0.1) is 15.7 Å². The number of hydrogen-bond donors (Lipinski definition) is 2. The molecule has 1 fully saturated rings. The molecule has 1 saturated heterocycles. The van der Waals surface area contributed by atoms with Crippen molar-refractivity contribution in [2.75, 3.05) is 38.5 Å². The summed E-state index contributed by atoms with van der Waals surface area (Å²) in [6, 6.07) is 5.18. The average molecular weight is 330 g/mol. The van der Waals surface area contributed by atoms with Crippen LogP contribution >= 0.6 is 23.2 Å². The summed E-state index contributed by atoms with van der Waals surface area (Å²) >= 11 is 12.1. The molecule has 4 nitrogen and oxygen atoms in total. The number of carbonyl (C=O) groups is 1. The van der Waals surface area contributed by atoms with Gasteiger partial charge in [0.1, 0.15) is 0 Å². The molecule has 0 aromatic heterocycles. The van der Waals surface area contributed by atoms with E-state index in [0.29, 0.717) is 28.1 Å². The molecule has 1 unspecified atom stereocenters. The van der Waals surface area contributed by atoms with Crippen molar-refractivity contribution in [3.05, 3.63) is 28.2 Å². The monoisotopic (exact) mass is 329 g/mol. The molecule has 0 spiro atoms. The van der Waals surface area contributed by atoms with Crippen LogP contribution in [0.15, 0.2) is 18.2 Å². The number of likely N-dealkylation sites (tertiary alicyclic amines) is 1. The highest BCUT2D eigenvalue weighted by molar-refractivity contribution is 6.39. The molecule has 1 aliphatic rings. The van der Waals surface area contributed by atoms with E-state index < -0.39 is 0 Å². The minimum Gasteiger partial charge on any atom is -0.324 e. The van der Waals surface area contributed by atoms with E-state index in [4.69, 9.17) is 23.2 Å². The lowest BCUT2D eigenvalue weighted by atomic mass is 10.1. The molecule has 1 amide bonds. The molecule has 1 aliphatic heterocycles. The number of nitrogens with zero attached hydrogens (tertiary/aromatic N) is 1. The van der Waals surface area contributed by atoms with Crippen molar-refractivity contribution in [2.24, 2.45) is 5.92 Å². The van der Waals surface area contributed by atoms with E-state index in [0.717, 1.165) is 26.2 Å². The SMILES string of the molecule is CNCC1CCN(CCC(=O)Nc2c(Cl)cccc2Cl)C1. The molecule has 6 heteroatoms. The standard InChI is InChI=1S/C15H21Cl2N3O/c1-18-9-11-5-7-20(10-11)8-6-14(21)19-15-12(16)3-2-4-13(15)17/h2-4,11,18H,5-10H2,1H3,(H,19,21). The number of para-hydroxylation sites is 1. The van der Waals surface area contributed by atoms with E-state index in [-0.39, 0.29) is 5.91 Å². The summed E-state index contributed by atoms with van der Waals surface area (Å²) in [6.07, 6.45) is 1.65. The van der Waals surface area contributed by atoms with Gasteiger partial charge in [-0.15, -0.1) is 0 Å². The molecule has 0 bridgehead atoms. The molecule has 1 aromatic carbocycles. The van der Waals surface area contributed by atoms with Gasteiger partial charge in [-0.25, -0.2) is 0 Å². The van der Waals surface area contributed by atoms with Gasteiger partial charge in [-0.1, -0.05) is 29.3 Å². The second-order valence-corrected chi connectivity index (χ2v) is 6.22. The molecule has 0 aliphatic carbocycles. The first-order chi connectivity index (χ1) is 10.1. The molecule has 1 atom stereocenters. The van der Waals surface area contributed by atoms with Gasteiger partial charge in [0, 0.05) is 19.5 Å². The summed E-state index contributed by atoms with van der Waals surface area (Å²) in [5, 5.41) is 6.93. The van der Waals surface area contributed by atoms with Crippen LogP contribution in [0.4, 0.5) is 5.69 Å². The molecular weight excluding hydrogens is 309 g/mol. The number of rotatable bonds is 6. The van der Waals surface area contributed by atoms with Crippen molar-refractivity contribution >= 4 is 34.8 Å². The van der Waals surface area contributed by atoms with Crippen LogP contribution in [0.25, 0.3) is 0 Å². The average Bonchev–Trinajstić information content (AvgIpc) is 2.89. The maximum absolute atomic E-state index is 12.0. The van der Waals surface area contributed by atoms with E-state index in [2.05, 4.69) is 15.5 Å². The van der Waals surface area contributed by atoms with Crippen LogP contribution in [0.5, 0.6) is 0 Å². The second kappa shape index (κ2) is 7.99. The van der Waals surface area contributed by atoms with E-state index in [1.54, 1.807) is 18.2 Å². The third-order valence-corrected chi connectivity index (χ3v) is 4.37. The Labute approximate surface area is 135 Å². The summed E-state index contributed by atoms with van der Waals surface area (Å²) in [5.41, 5.74) is 0.500. The zero-order valence-corrected chi connectivity index (χ0v) is 13.7. The van der Waals surface area contributed by atoms with Crippen LogP contribution in [0.3, 0.4) is 0 Å². The fourth-order valence-corrected chi connectivity index (χ4v) is 3.14. The van der Waals surface area contributed by atoms with Crippen LogP contribution in [-0.2, 0) is 4.79 Å². The highest BCUT2D eigenvalue weighted by Crippen LogP contribution is 2.29. The van der Waals surface area contributed by atoms with Crippen molar-refractivity contribution in [3.63, 3.8) is 0 Å². The van der Waals surface area contributed by atoms with Gasteiger partial charge in [0.2, 0.25) is 5.91 Å². The van der Waals surface area contributed by atoms with Gasteiger partial charge < -0.3 is 15.5 Å². The largest absolute Gasteiger partial charge is 0.324 e. The summed E-state index contributed by atoms with van der Waals surface area (Å²) in [6.45, 7) is 3.93. The van der Waals surface area contributed by atoms with Crippen molar-refractivity contribution in [3.8, 4) is 0 Å². The molecule has 1 heterocycles. The van der Waals surface area contributed by atoms with Gasteiger partial charge in [0.25, 0.3) is 0 Å². The van der Waals surface area contributed by atoms with Crippen LogP contribution in [0.1, 0.15) is 12.8 Å². The van der Waals surface area contributed by atoms with Crippen LogP contribution in [0.2, 0.25) is 10.0 Å². The predicted octanol–water partition coefficient (Wildman–Crippen LogP) is 2.86. The lowest BCUT2D eigenvalue weighted by Gasteiger charge is -2.16. The Hall–Kier alpha value is -0.810. The van der Waals surface area contributed by atoms with Crippen LogP contribution in [-0.4, -0.2) is 44.0 Å². The van der Waals surface area contributed by atoms with E-state index >= 15 is 0 Å². The first kappa shape index (κ1) is 16.6. The number of carbonyl (C=O) groups excluding carboxylic acids is 1. The Morgan fingerprint density at radius 2 is 2.10 bits per heavy atom. The number of benzene rings is 1. The van der Waals surface area contributed by atoms with Gasteiger partial charge >= 0.3 is 0 Å². The number of amides is 1. The molecule has 2 N–H and O–H groups in total. The molecule has 0 saturated carbocycles. The molecule has 116 valence electrons. The Balaban J connectivity index is 1.78. The molecule has 2 rings (SSSR count). The first-order valence-corrected chi connectivity index (χ1v) is 7.96. The van der Waals surface area contributed by atoms with Gasteiger partial charge in [-0.3, -0.25) is 4.79 Å². The predicted molar refractivity (Wildman–Crippen MR) is 88.2 cm³/mol. The van der Waals surface area contributed by atoms with Crippen molar-refractivity contribution in [2.45, 2.75) is 12.8 Å². The number of anilines is 1. The smallest absolute Gasteiger partial charge is 0.225 e. The maximum atomic E-state index is 12.0. The number of nitrogens with one attached hydrogen (secondary N) is 2. The van der Waals surface area contributed by atoms with E-state index in [1.165, 1.54) is 6.42 Å². The first-order valence-electron chi connectivity index (χ1n) is 7.21. The van der Waals surface area contributed by atoms with Gasteiger partial charge in [0.15, 0.2) is 0 Å². The zero-order valence-electron chi connectivity index (χ0n) is 12.2. The Bertz CT molecular complexity index is 476. The van der Waals surface area contributed by atoms with Crippen molar-refractivity contribution in [1.82, 2.24) is 10.2 Å². The zero-order chi connectivity index (χ0) is 15.2. The Morgan fingerprint density at radius 3 is 2.76 bits per heavy atom.